The van der Waals surface area contributed by atoms with Crippen LogP contribution in [0.5, 0.6) is 0 Å². The average Bonchev–Trinajstić information content (AvgIpc) is 2.73. The fourth-order valence-electron chi connectivity index (χ4n) is 3.06. The van der Waals surface area contributed by atoms with Crippen LogP contribution in [0.2, 0.25) is 0 Å². The van der Waals surface area contributed by atoms with Gasteiger partial charge in [0.05, 0.1) is 0 Å². The number of aryl methyl sites for hydroxylation is 1. The molecule has 1 aliphatic carbocycles. The van der Waals surface area contributed by atoms with Crippen molar-refractivity contribution in [3.05, 3.63) is 58.7 Å². The second-order valence-electron chi connectivity index (χ2n) is 4.97. The van der Waals surface area contributed by atoms with E-state index in [1.54, 1.807) is 0 Å². The van der Waals surface area contributed by atoms with E-state index < -0.39 is 0 Å². The molecular formula is C19H24. The van der Waals surface area contributed by atoms with Crippen molar-refractivity contribution in [2.75, 3.05) is 0 Å². The molecule has 0 saturated carbocycles. The van der Waals surface area contributed by atoms with E-state index in [1.807, 2.05) is 0 Å². The van der Waals surface area contributed by atoms with Crippen molar-refractivity contribution in [3.8, 4) is 0 Å². The Labute approximate surface area is 117 Å². The SMILES string of the molecule is C/C=C\C1=C(CC)C(=C/CC)/c2c(CC)cccc21. The minimum atomic E-state index is 1.10. The van der Waals surface area contributed by atoms with E-state index in [0.717, 1.165) is 19.3 Å². The van der Waals surface area contributed by atoms with E-state index >= 15 is 0 Å². The standard InChI is InChI=1S/C19H24/c1-5-10-16-15(8-4)17(11-6-2)19-14(7-3)12-9-13-18(16)19/h5,9-13H,6-8H2,1-4H3/b10-5-,17-11-. The summed E-state index contributed by atoms with van der Waals surface area (Å²) in [5, 5.41) is 0. The maximum Gasteiger partial charge on any atom is -0.00735 e. The van der Waals surface area contributed by atoms with Gasteiger partial charge in [0.1, 0.15) is 0 Å². The number of benzene rings is 1. The van der Waals surface area contributed by atoms with Gasteiger partial charge in [-0.2, -0.15) is 0 Å². The Morgan fingerprint density at radius 1 is 1.05 bits per heavy atom. The summed E-state index contributed by atoms with van der Waals surface area (Å²) in [4.78, 5) is 0. The zero-order valence-corrected chi connectivity index (χ0v) is 12.6. The molecule has 0 heterocycles. The van der Waals surface area contributed by atoms with Crippen LogP contribution in [-0.4, -0.2) is 0 Å². The molecule has 0 amide bonds. The fourth-order valence-corrected chi connectivity index (χ4v) is 3.06. The smallest absolute Gasteiger partial charge is 0.00735 e. The van der Waals surface area contributed by atoms with Crippen molar-refractivity contribution in [1.82, 2.24) is 0 Å². The van der Waals surface area contributed by atoms with Gasteiger partial charge in [-0.05, 0) is 59.6 Å². The van der Waals surface area contributed by atoms with E-state index in [4.69, 9.17) is 0 Å². The van der Waals surface area contributed by atoms with E-state index in [0.29, 0.717) is 0 Å². The zero-order valence-electron chi connectivity index (χ0n) is 12.6. The first-order valence-corrected chi connectivity index (χ1v) is 7.47. The molecule has 0 unspecified atom stereocenters. The van der Waals surface area contributed by atoms with Crippen molar-refractivity contribution in [2.24, 2.45) is 0 Å². The summed E-state index contributed by atoms with van der Waals surface area (Å²) in [5.41, 5.74) is 8.80. The van der Waals surface area contributed by atoms with E-state index in [9.17, 15) is 0 Å². The number of allylic oxidation sites excluding steroid dienone is 6. The predicted octanol–water partition coefficient (Wildman–Crippen LogP) is 5.80. The molecule has 0 bridgehead atoms. The second kappa shape index (κ2) is 6.06. The van der Waals surface area contributed by atoms with Gasteiger partial charge in [-0.25, -0.2) is 0 Å². The summed E-state index contributed by atoms with van der Waals surface area (Å²) in [7, 11) is 0. The summed E-state index contributed by atoms with van der Waals surface area (Å²) in [5.74, 6) is 0. The summed E-state index contributed by atoms with van der Waals surface area (Å²) >= 11 is 0. The number of hydrogen-bond donors (Lipinski definition) is 0. The summed E-state index contributed by atoms with van der Waals surface area (Å²) in [6.45, 7) is 8.84. The number of rotatable bonds is 4. The molecule has 1 aromatic rings. The fraction of sp³-hybridized carbons (Fsp3) is 0.368. The maximum absolute atomic E-state index is 2.40. The lowest BCUT2D eigenvalue weighted by Gasteiger charge is -2.10. The third kappa shape index (κ3) is 2.32. The van der Waals surface area contributed by atoms with Crippen LogP contribution < -0.4 is 0 Å². The maximum atomic E-state index is 2.40. The highest BCUT2D eigenvalue weighted by Gasteiger charge is 2.25. The lowest BCUT2D eigenvalue weighted by Crippen LogP contribution is -1.92. The molecule has 0 radical (unpaired) electrons. The van der Waals surface area contributed by atoms with Gasteiger partial charge >= 0.3 is 0 Å². The molecule has 19 heavy (non-hydrogen) atoms. The quantitative estimate of drug-likeness (QED) is 0.635. The predicted molar refractivity (Wildman–Crippen MR) is 86.1 cm³/mol. The van der Waals surface area contributed by atoms with Crippen LogP contribution in [0.3, 0.4) is 0 Å². The Morgan fingerprint density at radius 2 is 1.84 bits per heavy atom. The Morgan fingerprint density at radius 3 is 2.42 bits per heavy atom. The molecule has 0 spiro atoms. The highest BCUT2D eigenvalue weighted by atomic mass is 14.3. The van der Waals surface area contributed by atoms with Crippen molar-refractivity contribution in [2.45, 2.75) is 47.0 Å². The Hall–Kier alpha value is -1.56. The zero-order chi connectivity index (χ0) is 13.8. The third-order valence-corrected chi connectivity index (χ3v) is 3.84. The normalized spacial score (nSPS) is 16.7. The van der Waals surface area contributed by atoms with Gasteiger partial charge in [0, 0.05) is 0 Å². The Kier molecular flexibility index (Phi) is 4.42. The van der Waals surface area contributed by atoms with Crippen molar-refractivity contribution in [1.29, 1.82) is 0 Å². The molecule has 0 heteroatoms. The molecule has 0 nitrogen and oxygen atoms in total. The van der Waals surface area contributed by atoms with E-state index in [2.05, 4.69) is 64.1 Å². The summed E-state index contributed by atoms with van der Waals surface area (Å²) in [6.07, 6.45) is 10.1. The van der Waals surface area contributed by atoms with Crippen molar-refractivity contribution in [3.63, 3.8) is 0 Å². The van der Waals surface area contributed by atoms with Crippen molar-refractivity contribution >= 4 is 11.1 Å². The largest absolute Gasteiger partial charge is 0.0870 e. The Balaban J connectivity index is 2.74. The summed E-state index contributed by atoms with van der Waals surface area (Å²) < 4.78 is 0. The Bertz CT molecular complexity index is 553. The average molecular weight is 252 g/mol. The first-order valence-electron chi connectivity index (χ1n) is 7.47. The van der Waals surface area contributed by atoms with Crippen LogP contribution in [0.25, 0.3) is 11.1 Å². The van der Waals surface area contributed by atoms with Gasteiger partial charge in [-0.1, -0.05) is 57.2 Å². The minimum absolute atomic E-state index is 1.10. The van der Waals surface area contributed by atoms with Gasteiger partial charge in [0.15, 0.2) is 0 Å². The van der Waals surface area contributed by atoms with Gasteiger partial charge in [0.25, 0.3) is 0 Å². The van der Waals surface area contributed by atoms with E-state index in [1.165, 1.54) is 33.4 Å². The van der Waals surface area contributed by atoms with Crippen LogP contribution in [0.4, 0.5) is 0 Å². The molecule has 0 N–H and O–H groups in total. The second-order valence-corrected chi connectivity index (χ2v) is 4.97. The molecule has 1 aromatic carbocycles. The molecular weight excluding hydrogens is 228 g/mol. The number of fused-ring (bicyclic) bond motifs is 1. The van der Waals surface area contributed by atoms with E-state index in [-0.39, 0.29) is 0 Å². The highest BCUT2D eigenvalue weighted by Crippen LogP contribution is 2.45. The third-order valence-electron chi connectivity index (χ3n) is 3.84. The summed E-state index contributed by atoms with van der Waals surface area (Å²) in [6, 6.07) is 6.74. The molecule has 0 fully saturated rings. The molecule has 0 saturated heterocycles. The topological polar surface area (TPSA) is 0 Å². The molecule has 0 aliphatic heterocycles. The van der Waals surface area contributed by atoms with Crippen LogP contribution in [0, 0.1) is 0 Å². The minimum Gasteiger partial charge on any atom is -0.0870 e. The van der Waals surface area contributed by atoms with Gasteiger partial charge in [-0.15, -0.1) is 0 Å². The van der Waals surface area contributed by atoms with Crippen LogP contribution >= 0.6 is 0 Å². The molecule has 2 rings (SSSR count). The lowest BCUT2D eigenvalue weighted by atomic mass is 9.94. The molecule has 1 aliphatic rings. The van der Waals surface area contributed by atoms with Gasteiger partial charge < -0.3 is 0 Å². The monoisotopic (exact) mass is 252 g/mol. The molecule has 0 aromatic heterocycles. The highest BCUT2D eigenvalue weighted by molar-refractivity contribution is 6.03. The first-order chi connectivity index (χ1) is 9.28. The van der Waals surface area contributed by atoms with Crippen LogP contribution in [0.1, 0.15) is 57.2 Å². The van der Waals surface area contributed by atoms with Crippen molar-refractivity contribution < 1.29 is 0 Å². The van der Waals surface area contributed by atoms with Gasteiger partial charge in [-0.3, -0.25) is 0 Å². The lowest BCUT2D eigenvalue weighted by molar-refractivity contribution is 1.12. The van der Waals surface area contributed by atoms with Crippen LogP contribution in [0.15, 0.2) is 42.0 Å². The first kappa shape index (κ1) is 13.9. The van der Waals surface area contributed by atoms with Gasteiger partial charge in [0.2, 0.25) is 0 Å². The number of hydrogen-bond acceptors (Lipinski definition) is 0. The molecule has 100 valence electrons. The van der Waals surface area contributed by atoms with Crippen LogP contribution in [-0.2, 0) is 6.42 Å². The molecule has 0 atom stereocenters.